The molecule has 0 spiro atoms. The highest BCUT2D eigenvalue weighted by atomic mass is 16.2. The van der Waals surface area contributed by atoms with E-state index in [9.17, 15) is 9.59 Å². The first-order chi connectivity index (χ1) is 9.55. The van der Waals surface area contributed by atoms with Crippen molar-refractivity contribution >= 4 is 11.2 Å². The molecule has 6 heteroatoms. The third-order valence-corrected chi connectivity index (χ3v) is 4.48. The fourth-order valence-electron chi connectivity index (χ4n) is 3.19. The smallest absolute Gasteiger partial charge is 0.330 e. The molecule has 108 valence electrons. The Kier molecular flexibility index (Phi) is 3.03. The van der Waals surface area contributed by atoms with Crippen LogP contribution in [0.2, 0.25) is 0 Å². The molecule has 1 fully saturated rings. The minimum Gasteiger partial charge on any atom is -0.336 e. The second kappa shape index (κ2) is 4.61. The maximum atomic E-state index is 11.9. The van der Waals surface area contributed by atoms with Gasteiger partial charge < -0.3 is 4.98 Å². The average Bonchev–Trinajstić information content (AvgIpc) is 2.86. The summed E-state index contributed by atoms with van der Waals surface area (Å²) in [6.45, 7) is 4.55. The van der Waals surface area contributed by atoms with E-state index in [2.05, 4.69) is 21.9 Å². The lowest BCUT2D eigenvalue weighted by Gasteiger charge is -2.31. The maximum Gasteiger partial charge on any atom is 0.330 e. The van der Waals surface area contributed by atoms with Gasteiger partial charge in [0.25, 0.3) is 5.56 Å². The van der Waals surface area contributed by atoms with Crippen LogP contribution in [-0.2, 0) is 12.0 Å². The number of aromatic nitrogens is 4. The van der Waals surface area contributed by atoms with Crippen LogP contribution in [0.1, 0.15) is 51.8 Å². The standard InChI is InChI=1S/C14H20N4O2/c1-3-18-10-9(11(19)17-13(18)20)15-12(16-10)14(2)7-5-4-6-8-14/h3-8H2,1-2H3,(H,15,16)(H,17,19,20). The van der Waals surface area contributed by atoms with Crippen LogP contribution < -0.4 is 11.2 Å². The van der Waals surface area contributed by atoms with Crippen molar-refractivity contribution in [3.8, 4) is 0 Å². The van der Waals surface area contributed by atoms with E-state index in [1.165, 1.54) is 23.8 Å². The zero-order valence-electron chi connectivity index (χ0n) is 12.0. The second-order valence-electron chi connectivity index (χ2n) is 5.91. The van der Waals surface area contributed by atoms with Crippen molar-refractivity contribution in [1.82, 2.24) is 19.5 Å². The predicted octanol–water partition coefficient (Wildman–Crippen LogP) is 1.65. The van der Waals surface area contributed by atoms with Gasteiger partial charge in [0.1, 0.15) is 11.3 Å². The van der Waals surface area contributed by atoms with E-state index in [1.54, 1.807) is 0 Å². The Morgan fingerprint density at radius 3 is 2.55 bits per heavy atom. The lowest BCUT2D eigenvalue weighted by molar-refractivity contribution is 0.306. The minimum absolute atomic E-state index is 0.0155. The number of H-pyrrole nitrogens is 2. The number of nitrogens with one attached hydrogen (secondary N) is 2. The number of nitrogens with zero attached hydrogens (tertiary/aromatic N) is 2. The normalized spacial score (nSPS) is 18.5. The van der Waals surface area contributed by atoms with Crippen LogP contribution in [0.15, 0.2) is 9.59 Å². The van der Waals surface area contributed by atoms with E-state index in [0.717, 1.165) is 18.7 Å². The van der Waals surface area contributed by atoms with Crippen LogP contribution in [0.25, 0.3) is 11.2 Å². The Bertz CT molecular complexity index is 747. The number of aromatic amines is 2. The average molecular weight is 276 g/mol. The van der Waals surface area contributed by atoms with Gasteiger partial charge in [-0.3, -0.25) is 14.3 Å². The molecule has 2 N–H and O–H groups in total. The Labute approximate surface area is 116 Å². The predicted molar refractivity (Wildman–Crippen MR) is 77.1 cm³/mol. The summed E-state index contributed by atoms with van der Waals surface area (Å²) in [5, 5.41) is 0. The molecular formula is C14H20N4O2. The number of aryl methyl sites for hydroxylation is 1. The Hall–Kier alpha value is -1.85. The van der Waals surface area contributed by atoms with E-state index in [4.69, 9.17) is 0 Å². The van der Waals surface area contributed by atoms with Gasteiger partial charge in [0, 0.05) is 12.0 Å². The molecule has 2 aromatic rings. The molecule has 0 aliphatic heterocycles. The Morgan fingerprint density at radius 2 is 1.90 bits per heavy atom. The maximum absolute atomic E-state index is 11.9. The molecule has 0 aromatic carbocycles. The number of hydrogen-bond acceptors (Lipinski definition) is 3. The summed E-state index contributed by atoms with van der Waals surface area (Å²) in [5.74, 6) is 0.838. The van der Waals surface area contributed by atoms with Crippen molar-refractivity contribution in [2.24, 2.45) is 0 Å². The molecule has 0 radical (unpaired) electrons. The SMILES string of the molecule is CCn1c(=O)[nH]c(=O)c2[nH]c(C3(C)CCCCC3)nc21. The molecule has 2 aromatic heterocycles. The van der Waals surface area contributed by atoms with E-state index < -0.39 is 5.69 Å². The van der Waals surface area contributed by atoms with Gasteiger partial charge >= 0.3 is 5.69 Å². The van der Waals surface area contributed by atoms with Crippen molar-refractivity contribution in [1.29, 1.82) is 0 Å². The van der Waals surface area contributed by atoms with Gasteiger partial charge in [-0.2, -0.15) is 0 Å². The summed E-state index contributed by atoms with van der Waals surface area (Å²) in [4.78, 5) is 33.8. The summed E-state index contributed by atoms with van der Waals surface area (Å²) in [6.07, 6.45) is 5.77. The topological polar surface area (TPSA) is 83.5 Å². The first-order valence-electron chi connectivity index (χ1n) is 7.28. The summed E-state index contributed by atoms with van der Waals surface area (Å²) in [6, 6.07) is 0. The van der Waals surface area contributed by atoms with Crippen LogP contribution in [0.3, 0.4) is 0 Å². The highest BCUT2D eigenvalue weighted by Gasteiger charge is 2.32. The van der Waals surface area contributed by atoms with E-state index >= 15 is 0 Å². The highest BCUT2D eigenvalue weighted by molar-refractivity contribution is 5.70. The van der Waals surface area contributed by atoms with Crippen LogP contribution in [0.5, 0.6) is 0 Å². The first-order valence-corrected chi connectivity index (χ1v) is 7.28. The summed E-state index contributed by atoms with van der Waals surface area (Å²) in [7, 11) is 0. The second-order valence-corrected chi connectivity index (χ2v) is 5.91. The van der Waals surface area contributed by atoms with Gasteiger partial charge in [0.2, 0.25) is 0 Å². The molecule has 3 rings (SSSR count). The van der Waals surface area contributed by atoms with Gasteiger partial charge in [-0.15, -0.1) is 0 Å². The Balaban J connectivity index is 2.22. The highest BCUT2D eigenvalue weighted by Crippen LogP contribution is 2.37. The fraction of sp³-hybridized carbons (Fsp3) is 0.643. The summed E-state index contributed by atoms with van der Waals surface area (Å²) >= 11 is 0. The van der Waals surface area contributed by atoms with Crippen molar-refractivity contribution in [2.75, 3.05) is 0 Å². The zero-order valence-corrected chi connectivity index (χ0v) is 12.0. The summed E-state index contributed by atoms with van der Waals surface area (Å²) in [5.41, 5.74) is 0.0965. The monoisotopic (exact) mass is 276 g/mol. The number of rotatable bonds is 2. The van der Waals surface area contributed by atoms with Crippen LogP contribution in [-0.4, -0.2) is 19.5 Å². The minimum atomic E-state index is -0.392. The molecule has 0 unspecified atom stereocenters. The number of imidazole rings is 1. The first kappa shape index (κ1) is 13.1. The largest absolute Gasteiger partial charge is 0.336 e. The van der Waals surface area contributed by atoms with E-state index in [1.807, 2.05) is 6.92 Å². The number of fused-ring (bicyclic) bond motifs is 1. The molecule has 20 heavy (non-hydrogen) atoms. The van der Waals surface area contributed by atoms with Crippen LogP contribution >= 0.6 is 0 Å². The molecule has 0 bridgehead atoms. The van der Waals surface area contributed by atoms with Gasteiger partial charge in [-0.1, -0.05) is 26.2 Å². The fourth-order valence-corrected chi connectivity index (χ4v) is 3.19. The third-order valence-electron chi connectivity index (χ3n) is 4.48. The lowest BCUT2D eigenvalue weighted by atomic mass is 9.75. The van der Waals surface area contributed by atoms with Gasteiger partial charge in [-0.05, 0) is 19.8 Å². The zero-order chi connectivity index (χ0) is 14.3. The molecule has 2 heterocycles. The van der Waals surface area contributed by atoms with Crippen molar-refractivity contribution in [2.45, 2.75) is 57.9 Å². The molecule has 0 atom stereocenters. The number of hydrogen-bond donors (Lipinski definition) is 2. The molecule has 0 saturated heterocycles. The molecule has 6 nitrogen and oxygen atoms in total. The van der Waals surface area contributed by atoms with Gasteiger partial charge in [-0.25, -0.2) is 9.78 Å². The van der Waals surface area contributed by atoms with Crippen LogP contribution in [0.4, 0.5) is 0 Å². The molecule has 0 amide bonds. The van der Waals surface area contributed by atoms with E-state index in [-0.39, 0.29) is 11.0 Å². The Morgan fingerprint density at radius 1 is 1.20 bits per heavy atom. The third kappa shape index (κ3) is 1.90. The van der Waals surface area contributed by atoms with Crippen molar-refractivity contribution in [3.63, 3.8) is 0 Å². The van der Waals surface area contributed by atoms with Crippen molar-refractivity contribution in [3.05, 3.63) is 26.7 Å². The van der Waals surface area contributed by atoms with Crippen LogP contribution in [0, 0.1) is 0 Å². The molecular weight excluding hydrogens is 256 g/mol. The van der Waals surface area contributed by atoms with Gasteiger partial charge in [0.05, 0.1) is 0 Å². The van der Waals surface area contributed by atoms with Gasteiger partial charge in [0.15, 0.2) is 5.65 Å². The van der Waals surface area contributed by atoms with Crippen molar-refractivity contribution < 1.29 is 0 Å². The quantitative estimate of drug-likeness (QED) is 0.875. The summed E-state index contributed by atoms with van der Waals surface area (Å²) < 4.78 is 1.50. The lowest BCUT2D eigenvalue weighted by Crippen LogP contribution is -2.29. The molecule has 1 aliphatic carbocycles. The molecule has 1 saturated carbocycles. The van der Waals surface area contributed by atoms with E-state index in [0.29, 0.717) is 17.7 Å². The molecule has 1 aliphatic rings.